The highest BCUT2D eigenvalue weighted by atomic mass is 32.1. The second kappa shape index (κ2) is 7.31. The van der Waals surface area contributed by atoms with Crippen molar-refractivity contribution < 1.29 is 4.74 Å². The highest BCUT2D eigenvalue weighted by Crippen LogP contribution is 2.38. The first-order valence-corrected chi connectivity index (χ1v) is 8.17. The van der Waals surface area contributed by atoms with Crippen molar-refractivity contribution in [2.45, 2.75) is 57.5 Å². The molecule has 108 valence electrons. The van der Waals surface area contributed by atoms with Gasteiger partial charge in [0.15, 0.2) is 0 Å². The molecular formula is C14H25N3OS. The number of ether oxygens (including phenoxy) is 1. The van der Waals surface area contributed by atoms with E-state index in [1.165, 1.54) is 30.7 Å². The van der Waals surface area contributed by atoms with Crippen LogP contribution >= 0.6 is 11.3 Å². The summed E-state index contributed by atoms with van der Waals surface area (Å²) in [4.78, 5) is 0. The topological polar surface area (TPSA) is 47.0 Å². The lowest BCUT2D eigenvalue weighted by atomic mass is 9.78. The molecule has 4 nitrogen and oxygen atoms in total. The molecule has 1 aromatic rings. The summed E-state index contributed by atoms with van der Waals surface area (Å²) in [6.45, 7) is 4.37. The quantitative estimate of drug-likeness (QED) is 0.708. The van der Waals surface area contributed by atoms with Gasteiger partial charge in [0.2, 0.25) is 0 Å². The fraction of sp³-hybridized carbons (Fsp3) is 0.857. The predicted octanol–water partition coefficient (Wildman–Crippen LogP) is 2.58. The van der Waals surface area contributed by atoms with E-state index in [0.717, 1.165) is 37.4 Å². The van der Waals surface area contributed by atoms with E-state index in [-0.39, 0.29) is 5.60 Å². The SMILES string of the molecule is CCCNCCCc1nnc(CC2(OC)CCC2)s1. The van der Waals surface area contributed by atoms with Gasteiger partial charge in [0.1, 0.15) is 10.0 Å². The number of nitrogens with one attached hydrogen (secondary N) is 1. The molecule has 0 atom stereocenters. The summed E-state index contributed by atoms with van der Waals surface area (Å²) in [7, 11) is 1.82. The van der Waals surface area contributed by atoms with Crippen LogP contribution in [0.1, 0.15) is 49.0 Å². The number of hydrogen-bond donors (Lipinski definition) is 1. The Kier molecular flexibility index (Phi) is 5.73. The van der Waals surface area contributed by atoms with Gasteiger partial charge in [-0.15, -0.1) is 21.5 Å². The van der Waals surface area contributed by atoms with Gasteiger partial charge in [-0.1, -0.05) is 6.92 Å². The Balaban J connectivity index is 1.72. The predicted molar refractivity (Wildman–Crippen MR) is 78.7 cm³/mol. The van der Waals surface area contributed by atoms with Crippen LogP contribution in [0.25, 0.3) is 0 Å². The number of aryl methyl sites for hydroxylation is 1. The largest absolute Gasteiger partial charge is 0.378 e. The third-order valence-electron chi connectivity index (χ3n) is 3.85. The molecule has 1 aliphatic carbocycles. The standard InChI is InChI=1S/C14H25N3OS/c1-3-9-15-10-4-6-12-16-17-13(19-12)11-14(18-2)7-5-8-14/h15H,3-11H2,1-2H3. The molecule has 0 spiro atoms. The van der Waals surface area contributed by atoms with Crippen molar-refractivity contribution in [2.24, 2.45) is 0 Å². The first-order chi connectivity index (χ1) is 9.28. The molecular weight excluding hydrogens is 258 g/mol. The highest BCUT2D eigenvalue weighted by molar-refractivity contribution is 7.11. The van der Waals surface area contributed by atoms with Crippen molar-refractivity contribution in [1.29, 1.82) is 0 Å². The van der Waals surface area contributed by atoms with Gasteiger partial charge in [-0.3, -0.25) is 0 Å². The number of rotatable bonds is 9. The first kappa shape index (κ1) is 14.9. The summed E-state index contributed by atoms with van der Waals surface area (Å²) < 4.78 is 5.64. The van der Waals surface area contributed by atoms with Gasteiger partial charge in [0.05, 0.1) is 5.60 Å². The third-order valence-corrected chi connectivity index (χ3v) is 4.83. The molecule has 2 rings (SSSR count). The highest BCUT2D eigenvalue weighted by Gasteiger charge is 2.38. The molecule has 0 unspecified atom stereocenters. The number of methoxy groups -OCH3 is 1. The van der Waals surface area contributed by atoms with Gasteiger partial charge in [0, 0.05) is 20.0 Å². The van der Waals surface area contributed by atoms with Crippen molar-refractivity contribution in [1.82, 2.24) is 15.5 Å². The molecule has 1 fully saturated rings. The number of hydrogen-bond acceptors (Lipinski definition) is 5. The summed E-state index contributed by atoms with van der Waals surface area (Å²) in [6.07, 6.45) is 7.93. The molecule has 0 aromatic carbocycles. The zero-order chi connectivity index (χ0) is 13.6. The molecule has 1 heterocycles. The smallest absolute Gasteiger partial charge is 0.120 e. The minimum atomic E-state index is 0.0689. The molecule has 0 amide bonds. The monoisotopic (exact) mass is 283 g/mol. The maximum atomic E-state index is 5.64. The second-order valence-corrected chi connectivity index (χ2v) is 6.51. The molecule has 1 saturated carbocycles. The Morgan fingerprint density at radius 1 is 1.26 bits per heavy atom. The molecule has 19 heavy (non-hydrogen) atoms. The van der Waals surface area contributed by atoms with Crippen LogP contribution in [0.5, 0.6) is 0 Å². The van der Waals surface area contributed by atoms with Crippen LogP contribution in [0.4, 0.5) is 0 Å². The van der Waals surface area contributed by atoms with Crippen LogP contribution in [0.3, 0.4) is 0 Å². The molecule has 0 saturated heterocycles. The Bertz CT molecular complexity index is 371. The van der Waals surface area contributed by atoms with Crippen molar-refractivity contribution >= 4 is 11.3 Å². The van der Waals surface area contributed by atoms with Gasteiger partial charge in [-0.2, -0.15) is 0 Å². The van der Waals surface area contributed by atoms with E-state index >= 15 is 0 Å². The Morgan fingerprint density at radius 3 is 2.68 bits per heavy atom. The molecule has 5 heteroatoms. The maximum absolute atomic E-state index is 5.64. The van der Waals surface area contributed by atoms with E-state index in [1.807, 2.05) is 7.11 Å². The van der Waals surface area contributed by atoms with E-state index in [2.05, 4.69) is 22.4 Å². The number of nitrogens with zero attached hydrogens (tertiary/aromatic N) is 2. The van der Waals surface area contributed by atoms with Crippen LogP contribution in [0, 0.1) is 0 Å². The zero-order valence-corrected chi connectivity index (χ0v) is 12.9. The van der Waals surface area contributed by atoms with Crippen LogP contribution in [-0.4, -0.2) is 36.0 Å². The summed E-state index contributed by atoms with van der Waals surface area (Å²) >= 11 is 1.76. The van der Waals surface area contributed by atoms with Crippen LogP contribution in [-0.2, 0) is 17.6 Å². The zero-order valence-electron chi connectivity index (χ0n) is 12.1. The Morgan fingerprint density at radius 2 is 2.05 bits per heavy atom. The molecule has 0 bridgehead atoms. The van der Waals surface area contributed by atoms with Gasteiger partial charge in [0.25, 0.3) is 0 Å². The minimum absolute atomic E-state index is 0.0689. The van der Waals surface area contributed by atoms with Crippen molar-refractivity contribution in [3.05, 3.63) is 10.0 Å². The fourth-order valence-electron chi connectivity index (χ4n) is 2.43. The fourth-order valence-corrected chi connectivity index (χ4v) is 3.44. The molecule has 0 radical (unpaired) electrons. The van der Waals surface area contributed by atoms with Crippen LogP contribution in [0.15, 0.2) is 0 Å². The summed E-state index contributed by atoms with van der Waals surface area (Å²) in [5.41, 5.74) is 0.0689. The van der Waals surface area contributed by atoms with Crippen molar-refractivity contribution in [3.8, 4) is 0 Å². The summed E-state index contributed by atoms with van der Waals surface area (Å²) in [5, 5.41) is 14.3. The average Bonchev–Trinajstić information content (AvgIpc) is 2.81. The van der Waals surface area contributed by atoms with Crippen LogP contribution in [0.2, 0.25) is 0 Å². The lowest BCUT2D eigenvalue weighted by Crippen LogP contribution is -2.41. The van der Waals surface area contributed by atoms with E-state index in [9.17, 15) is 0 Å². The van der Waals surface area contributed by atoms with Crippen LogP contribution < -0.4 is 5.32 Å². The van der Waals surface area contributed by atoms with Crippen molar-refractivity contribution in [2.75, 3.05) is 20.2 Å². The molecule has 1 aliphatic rings. The lowest BCUT2D eigenvalue weighted by Gasteiger charge is -2.39. The van der Waals surface area contributed by atoms with Gasteiger partial charge >= 0.3 is 0 Å². The van der Waals surface area contributed by atoms with E-state index in [1.54, 1.807) is 11.3 Å². The normalized spacial score (nSPS) is 17.4. The Hall–Kier alpha value is -0.520. The Labute approximate surface area is 120 Å². The van der Waals surface area contributed by atoms with Crippen molar-refractivity contribution in [3.63, 3.8) is 0 Å². The van der Waals surface area contributed by atoms with E-state index < -0.39 is 0 Å². The van der Waals surface area contributed by atoms with E-state index in [4.69, 9.17) is 4.74 Å². The second-order valence-electron chi connectivity index (χ2n) is 5.36. The van der Waals surface area contributed by atoms with Gasteiger partial charge in [-0.05, 0) is 45.2 Å². The molecule has 1 N–H and O–H groups in total. The van der Waals surface area contributed by atoms with E-state index in [0.29, 0.717) is 0 Å². The minimum Gasteiger partial charge on any atom is -0.378 e. The average molecular weight is 283 g/mol. The molecule has 1 aromatic heterocycles. The maximum Gasteiger partial charge on any atom is 0.120 e. The third kappa shape index (κ3) is 4.23. The number of aromatic nitrogens is 2. The van der Waals surface area contributed by atoms with Gasteiger partial charge < -0.3 is 10.1 Å². The summed E-state index contributed by atoms with van der Waals surface area (Å²) in [5.74, 6) is 0. The van der Waals surface area contributed by atoms with Gasteiger partial charge in [-0.25, -0.2) is 0 Å². The molecule has 0 aliphatic heterocycles. The lowest BCUT2D eigenvalue weighted by molar-refractivity contribution is -0.0709. The first-order valence-electron chi connectivity index (χ1n) is 7.35. The summed E-state index contributed by atoms with van der Waals surface area (Å²) in [6, 6.07) is 0.